The van der Waals surface area contributed by atoms with Gasteiger partial charge >= 0.3 is 6.09 Å². The first kappa shape index (κ1) is 21.2. The third-order valence-corrected chi connectivity index (χ3v) is 3.11. The Morgan fingerprint density at radius 2 is 1.87 bits per heavy atom. The van der Waals surface area contributed by atoms with Crippen molar-refractivity contribution < 1.29 is 14.3 Å². The van der Waals surface area contributed by atoms with Crippen LogP contribution in [-0.4, -0.2) is 29.1 Å². The molecule has 0 bridgehead atoms. The molecular weight excluding hydrogens is 318 g/mol. The normalized spacial score (nSPS) is 10.7. The van der Waals surface area contributed by atoms with E-state index in [1.807, 2.05) is 0 Å². The molecule has 6 nitrogen and oxygen atoms in total. The molecule has 0 saturated carbocycles. The van der Waals surface area contributed by atoms with Crippen LogP contribution in [0.25, 0.3) is 0 Å². The van der Waals surface area contributed by atoms with Crippen molar-refractivity contribution in [1.29, 1.82) is 0 Å². The highest BCUT2D eigenvalue weighted by atomic mass is 35.5. The summed E-state index contributed by atoms with van der Waals surface area (Å²) in [5.41, 5.74) is -0.184. The molecule has 1 heterocycles. The minimum atomic E-state index is -1.02. The molecule has 0 fully saturated rings. The summed E-state index contributed by atoms with van der Waals surface area (Å²) in [6.07, 6.45) is 3.53. The average Bonchev–Trinajstić information content (AvgIpc) is 2.45. The van der Waals surface area contributed by atoms with Crippen LogP contribution in [0.2, 0.25) is 0 Å². The fourth-order valence-electron chi connectivity index (χ4n) is 1.67. The van der Waals surface area contributed by atoms with E-state index in [4.69, 9.17) is 4.74 Å². The van der Waals surface area contributed by atoms with Gasteiger partial charge in [-0.1, -0.05) is 13.8 Å². The van der Waals surface area contributed by atoms with E-state index >= 15 is 0 Å². The van der Waals surface area contributed by atoms with Gasteiger partial charge in [0, 0.05) is 18.9 Å². The van der Waals surface area contributed by atoms with Crippen LogP contribution >= 0.6 is 12.4 Å². The third kappa shape index (κ3) is 8.40. The van der Waals surface area contributed by atoms with Crippen molar-refractivity contribution in [3.63, 3.8) is 0 Å². The van der Waals surface area contributed by atoms with Crippen molar-refractivity contribution in [1.82, 2.24) is 15.6 Å². The van der Waals surface area contributed by atoms with Crippen molar-refractivity contribution in [2.24, 2.45) is 5.92 Å². The molecular formula is C16H26ClN3O3. The van der Waals surface area contributed by atoms with Gasteiger partial charge in [0.1, 0.15) is 12.1 Å². The lowest BCUT2D eigenvalue weighted by Gasteiger charge is -2.25. The zero-order chi connectivity index (χ0) is 16.6. The van der Waals surface area contributed by atoms with E-state index in [9.17, 15) is 9.59 Å². The second kappa shape index (κ2) is 10.0. The summed E-state index contributed by atoms with van der Waals surface area (Å²) in [6.45, 7) is 8.20. The molecule has 0 atom stereocenters. The number of carbonyl (C=O) groups is 2. The molecule has 1 aromatic heterocycles. The zero-order valence-corrected chi connectivity index (χ0v) is 14.9. The molecule has 0 radical (unpaired) electrons. The molecule has 0 spiro atoms. The van der Waals surface area contributed by atoms with Gasteiger partial charge in [-0.2, -0.15) is 0 Å². The van der Waals surface area contributed by atoms with Crippen LogP contribution in [0, 0.1) is 5.92 Å². The van der Waals surface area contributed by atoms with E-state index in [-0.39, 0.29) is 24.9 Å². The molecule has 2 N–H and O–H groups in total. The van der Waals surface area contributed by atoms with Crippen LogP contribution in [0.1, 0.15) is 39.7 Å². The number of pyridine rings is 1. The van der Waals surface area contributed by atoms with Gasteiger partial charge in [0.15, 0.2) is 0 Å². The van der Waals surface area contributed by atoms with Gasteiger partial charge in [-0.15, -0.1) is 12.4 Å². The first-order chi connectivity index (χ1) is 10.3. The Kier molecular flexibility index (Phi) is 9.25. The Bertz CT molecular complexity index is 493. The Morgan fingerprint density at radius 3 is 2.43 bits per heavy atom. The molecule has 23 heavy (non-hydrogen) atoms. The maximum atomic E-state index is 12.1. The number of nitrogens with zero attached hydrogens (tertiary/aromatic N) is 1. The molecule has 7 heteroatoms. The smallest absolute Gasteiger partial charge is 0.408 e. The fourth-order valence-corrected chi connectivity index (χ4v) is 1.67. The van der Waals surface area contributed by atoms with Gasteiger partial charge in [0.2, 0.25) is 5.91 Å². The Balaban J connectivity index is 0.00000484. The topological polar surface area (TPSA) is 80.3 Å². The summed E-state index contributed by atoms with van der Waals surface area (Å²) in [6, 6.07) is 3.52. The number of carbonyl (C=O) groups excluding carboxylic acids is 2. The first-order valence-electron chi connectivity index (χ1n) is 7.43. The molecule has 0 unspecified atom stereocenters. The Morgan fingerprint density at radius 1 is 1.26 bits per heavy atom. The van der Waals surface area contributed by atoms with Gasteiger partial charge in [0.25, 0.3) is 0 Å². The molecule has 0 aliphatic rings. The minimum Gasteiger partial charge on any atom is -0.445 e. The van der Waals surface area contributed by atoms with E-state index < -0.39 is 11.6 Å². The summed E-state index contributed by atoms with van der Waals surface area (Å²) in [5.74, 6) is 0.288. The van der Waals surface area contributed by atoms with E-state index in [0.717, 1.165) is 12.0 Å². The second-order valence-corrected chi connectivity index (χ2v) is 6.12. The lowest BCUT2D eigenvalue weighted by atomic mass is 10.0. The van der Waals surface area contributed by atoms with E-state index in [0.29, 0.717) is 12.5 Å². The predicted molar refractivity (Wildman–Crippen MR) is 91.3 cm³/mol. The second-order valence-electron chi connectivity index (χ2n) is 6.12. The van der Waals surface area contributed by atoms with Gasteiger partial charge in [-0.3, -0.25) is 9.78 Å². The van der Waals surface area contributed by atoms with Crippen molar-refractivity contribution in [3.8, 4) is 0 Å². The van der Waals surface area contributed by atoms with Crippen LogP contribution in [0.4, 0.5) is 4.79 Å². The van der Waals surface area contributed by atoms with Gasteiger partial charge < -0.3 is 15.4 Å². The average molecular weight is 344 g/mol. The highest BCUT2D eigenvalue weighted by molar-refractivity contribution is 5.89. The van der Waals surface area contributed by atoms with Gasteiger partial charge in [-0.25, -0.2) is 4.79 Å². The molecule has 130 valence electrons. The monoisotopic (exact) mass is 343 g/mol. The maximum absolute atomic E-state index is 12.1. The first-order valence-corrected chi connectivity index (χ1v) is 7.43. The van der Waals surface area contributed by atoms with Gasteiger partial charge in [0.05, 0.1) is 0 Å². The van der Waals surface area contributed by atoms with Crippen molar-refractivity contribution in [2.45, 2.75) is 46.3 Å². The predicted octanol–water partition coefficient (Wildman–Crippen LogP) is 2.67. The SMILES string of the molecule is CC(C)CCNC(=O)C(C)(C)NC(=O)OCc1ccncc1.Cl. The summed E-state index contributed by atoms with van der Waals surface area (Å²) in [7, 11) is 0. The number of hydrogen-bond acceptors (Lipinski definition) is 4. The van der Waals surface area contributed by atoms with Crippen LogP contribution in [0.15, 0.2) is 24.5 Å². The Hall–Kier alpha value is -1.82. The summed E-state index contributed by atoms with van der Waals surface area (Å²) in [5, 5.41) is 5.39. The summed E-state index contributed by atoms with van der Waals surface area (Å²) >= 11 is 0. The van der Waals surface area contributed by atoms with E-state index in [1.54, 1.807) is 38.4 Å². The fraction of sp³-hybridized carbons (Fsp3) is 0.562. The number of hydrogen-bond donors (Lipinski definition) is 2. The Labute approximate surface area is 143 Å². The lowest BCUT2D eigenvalue weighted by molar-refractivity contribution is -0.126. The molecule has 1 aromatic rings. The van der Waals surface area contributed by atoms with Crippen LogP contribution in [0.5, 0.6) is 0 Å². The zero-order valence-electron chi connectivity index (χ0n) is 14.1. The number of aromatic nitrogens is 1. The molecule has 0 aliphatic carbocycles. The highest BCUT2D eigenvalue weighted by Crippen LogP contribution is 2.05. The van der Waals surface area contributed by atoms with Crippen LogP contribution in [-0.2, 0) is 16.1 Å². The van der Waals surface area contributed by atoms with Crippen LogP contribution in [0.3, 0.4) is 0 Å². The lowest BCUT2D eigenvalue weighted by Crippen LogP contribution is -2.55. The summed E-state index contributed by atoms with van der Waals surface area (Å²) in [4.78, 5) is 27.7. The number of amides is 2. The standard InChI is InChI=1S/C16H25N3O3.ClH/c1-12(2)5-10-18-14(20)16(3,4)19-15(21)22-11-13-6-8-17-9-7-13;/h6-9,12H,5,10-11H2,1-4H3,(H,18,20)(H,19,21);1H. The van der Waals surface area contributed by atoms with E-state index in [2.05, 4.69) is 29.5 Å². The molecule has 0 aliphatic heterocycles. The third-order valence-electron chi connectivity index (χ3n) is 3.11. The number of rotatable bonds is 7. The van der Waals surface area contributed by atoms with Crippen LogP contribution < -0.4 is 10.6 Å². The van der Waals surface area contributed by atoms with Crippen molar-refractivity contribution >= 4 is 24.4 Å². The number of nitrogens with one attached hydrogen (secondary N) is 2. The van der Waals surface area contributed by atoms with Gasteiger partial charge in [-0.05, 0) is 43.9 Å². The van der Waals surface area contributed by atoms with E-state index in [1.165, 1.54) is 0 Å². The minimum absolute atomic E-state index is 0. The number of ether oxygens (including phenoxy) is 1. The maximum Gasteiger partial charge on any atom is 0.408 e. The molecule has 0 aromatic carbocycles. The molecule has 2 amide bonds. The van der Waals surface area contributed by atoms with Crippen molar-refractivity contribution in [3.05, 3.63) is 30.1 Å². The summed E-state index contributed by atoms with van der Waals surface area (Å²) < 4.78 is 5.10. The quantitative estimate of drug-likeness (QED) is 0.797. The largest absolute Gasteiger partial charge is 0.445 e. The number of alkyl carbamates (subject to hydrolysis) is 1. The molecule has 1 rings (SSSR count). The number of halogens is 1. The molecule has 0 saturated heterocycles. The highest BCUT2D eigenvalue weighted by Gasteiger charge is 2.29. The van der Waals surface area contributed by atoms with Crippen molar-refractivity contribution in [2.75, 3.05) is 6.54 Å².